The number of hydrogen-bond donors (Lipinski definition) is 0. The third-order valence-corrected chi connectivity index (χ3v) is 2.65. The first-order valence-corrected chi connectivity index (χ1v) is 4.90. The Morgan fingerprint density at radius 1 is 1.36 bits per heavy atom. The van der Waals surface area contributed by atoms with E-state index in [1.165, 1.54) is 16.6 Å². The van der Waals surface area contributed by atoms with Gasteiger partial charge in [0.1, 0.15) is 5.75 Å². The average Bonchev–Trinajstić information content (AvgIpc) is 2.52. The molecule has 0 aliphatic rings. The molecule has 1 aromatic heterocycles. The van der Waals surface area contributed by atoms with Gasteiger partial charge in [0, 0.05) is 17.6 Å². The second-order valence-electron chi connectivity index (χ2n) is 3.42. The van der Waals surface area contributed by atoms with Gasteiger partial charge in [0.15, 0.2) is 0 Å². The molecule has 74 valence electrons. The SMILES string of the molecule is CCn1c(C)cc2c(OC)cccc21. The van der Waals surface area contributed by atoms with Crippen molar-refractivity contribution in [1.82, 2.24) is 4.57 Å². The molecule has 0 fully saturated rings. The second-order valence-corrected chi connectivity index (χ2v) is 3.42. The van der Waals surface area contributed by atoms with Gasteiger partial charge in [0.2, 0.25) is 0 Å². The van der Waals surface area contributed by atoms with Crippen molar-refractivity contribution in [1.29, 1.82) is 0 Å². The highest BCUT2D eigenvalue weighted by Gasteiger charge is 2.07. The molecule has 2 nitrogen and oxygen atoms in total. The molecule has 14 heavy (non-hydrogen) atoms. The molecule has 0 aliphatic carbocycles. The van der Waals surface area contributed by atoms with E-state index >= 15 is 0 Å². The summed E-state index contributed by atoms with van der Waals surface area (Å²) in [5, 5.41) is 1.20. The maximum Gasteiger partial charge on any atom is 0.128 e. The fourth-order valence-electron chi connectivity index (χ4n) is 1.99. The summed E-state index contributed by atoms with van der Waals surface area (Å²) < 4.78 is 7.62. The normalized spacial score (nSPS) is 10.8. The minimum atomic E-state index is 0.956. The first-order valence-electron chi connectivity index (χ1n) is 4.90. The first-order chi connectivity index (χ1) is 6.77. The van der Waals surface area contributed by atoms with E-state index in [2.05, 4.69) is 30.5 Å². The van der Waals surface area contributed by atoms with E-state index in [1.54, 1.807) is 7.11 Å². The summed E-state index contributed by atoms with van der Waals surface area (Å²) >= 11 is 0. The summed E-state index contributed by atoms with van der Waals surface area (Å²) in [5.41, 5.74) is 2.54. The molecule has 0 saturated carbocycles. The molecule has 0 amide bonds. The van der Waals surface area contributed by atoms with Crippen molar-refractivity contribution < 1.29 is 4.74 Å². The predicted molar refractivity (Wildman–Crippen MR) is 58.9 cm³/mol. The highest BCUT2D eigenvalue weighted by molar-refractivity contribution is 5.87. The Hall–Kier alpha value is -1.44. The van der Waals surface area contributed by atoms with Crippen molar-refractivity contribution in [2.45, 2.75) is 20.4 Å². The highest BCUT2D eigenvalue weighted by Crippen LogP contribution is 2.28. The molecule has 1 heterocycles. The van der Waals surface area contributed by atoms with E-state index in [1.807, 2.05) is 12.1 Å². The summed E-state index contributed by atoms with van der Waals surface area (Å²) in [6.45, 7) is 5.29. The van der Waals surface area contributed by atoms with Crippen molar-refractivity contribution in [3.05, 3.63) is 30.0 Å². The Balaban J connectivity index is 2.79. The summed E-state index contributed by atoms with van der Waals surface area (Å²) in [6.07, 6.45) is 0. The van der Waals surface area contributed by atoms with Crippen LogP contribution in [0.5, 0.6) is 5.75 Å². The largest absolute Gasteiger partial charge is 0.496 e. The predicted octanol–water partition coefficient (Wildman–Crippen LogP) is 2.98. The molecule has 0 radical (unpaired) electrons. The quantitative estimate of drug-likeness (QED) is 0.708. The summed E-state index contributed by atoms with van der Waals surface area (Å²) in [4.78, 5) is 0. The molecule has 0 N–H and O–H groups in total. The monoisotopic (exact) mass is 189 g/mol. The number of aryl methyl sites for hydroxylation is 2. The molecule has 0 bridgehead atoms. The lowest BCUT2D eigenvalue weighted by molar-refractivity contribution is 0.420. The van der Waals surface area contributed by atoms with Crippen molar-refractivity contribution >= 4 is 10.9 Å². The first kappa shape index (κ1) is 9.13. The number of ether oxygens (including phenoxy) is 1. The molecule has 2 heteroatoms. The van der Waals surface area contributed by atoms with Crippen LogP contribution in [0, 0.1) is 6.92 Å². The van der Waals surface area contributed by atoms with Gasteiger partial charge in [0.05, 0.1) is 12.6 Å². The number of hydrogen-bond acceptors (Lipinski definition) is 1. The van der Waals surface area contributed by atoms with E-state index in [-0.39, 0.29) is 0 Å². The van der Waals surface area contributed by atoms with E-state index in [9.17, 15) is 0 Å². The fourth-order valence-corrected chi connectivity index (χ4v) is 1.99. The standard InChI is InChI=1S/C12H15NO/c1-4-13-9(2)8-10-11(13)6-5-7-12(10)14-3/h5-8H,4H2,1-3H3. The summed E-state index contributed by atoms with van der Waals surface area (Å²) in [5.74, 6) is 0.956. The second kappa shape index (κ2) is 3.37. The van der Waals surface area contributed by atoms with Crippen molar-refractivity contribution in [2.75, 3.05) is 7.11 Å². The number of aromatic nitrogens is 1. The fraction of sp³-hybridized carbons (Fsp3) is 0.333. The number of rotatable bonds is 2. The van der Waals surface area contributed by atoms with Crippen molar-refractivity contribution in [3.8, 4) is 5.75 Å². The molecule has 0 aliphatic heterocycles. The zero-order valence-electron chi connectivity index (χ0n) is 8.87. The lowest BCUT2D eigenvalue weighted by atomic mass is 10.2. The molecular formula is C12H15NO. The lowest BCUT2D eigenvalue weighted by Gasteiger charge is -2.04. The molecule has 0 atom stereocenters. The van der Waals surface area contributed by atoms with Crippen LogP contribution in [0.4, 0.5) is 0 Å². The van der Waals surface area contributed by atoms with Gasteiger partial charge < -0.3 is 9.30 Å². The maximum atomic E-state index is 5.33. The van der Waals surface area contributed by atoms with Crippen LogP contribution in [-0.2, 0) is 6.54 Å². The van der Waals surface area contributed by atoms with Gasteiger partial charge in [-0.3, -0.25) is 0 Å². The lowest BCUT2D eigenvalue weighted by Crippen LogP contribution is -1.95. The van der Waals surface area contributed by atoms with Crippen molar-refractivity contribution in [3.63, 3.8) is 0 Å². The van der Waals surface area contributed by atoms with Gasteiger partial charge >= 0.3 is 0 Å². The van der Waals surface area contributed by atoms with Gasteiger partial charge in [-0.05, 0) is 32.0 Å². The molecular weight excluding hydrogens is 174 g/mol. The molecule has 0 spiro atoms. The Morgan fingerprint density at radius 2 is 2.14 bits per heavy atom. The molecule has 2 rings (SSSR count). The Morgan fingerprint density at radius 3 is 2.79 bits per heavy atom. The minimum absolute atomic E-state index is 0.956. The van der Waals surface area contributed by atoms with Crippen LogP contribution < -0.4 is 4.74 Å². The third-order valence-electron chi connectivity index (χ3n) is 2.65. The number of benzene rings is 1. The zero-order chi connectivity index (χ0) is 10.1. The van der Waals surface area contributed by atoms with Crippen LogP contribution >= 0.6 is 0 Å². The van der Waals surface area contributed by atoms with Crippen LogP contribution in [0.1, 0.15) is 12.6 Å². The smallest absolute Gasteiger partial charge is 0.128 e. The van der Waals surface area contributed by atoms with Crippen molar-refractivity contribution in [2.24, 2.45) is 0 Å². The highest BCUT2D eigenvalue weighted by atomic mass is 16.5. The van der Waals surface area contributed by atoms with Gasteiger partial charge in [0.25, 0.3) is 0 Å². The number of nitrogens with zero attached hydrogens (tertiary/aromatic N) is 1. The average molecular weight is 189 g/mol. The van der Waals surface area contributed by atoms with Crippen LogP contribution in [0.15, 0.2) is 24.3 Å². The van der Waals surface area contributed by atoms with E-state index in [0.29, 0.717) is 0 Å². The van der Waals surface area contributed by atoms with Gasteiger partial charge in [-0.15, -0.1) is 0 Å². The summed E-state index contributed by atoms with van der Waals surface area (Å²) in [7, 11) is 1.72. The maximum absolute atomic E-state index is 5.33. The van der Waals surface area contributed by atoms with Crippen LogP contribution in [0.25, 0.3) is 10.9 Å². The number of fused-ring (bicyclic) bond motifs is 1. The minimum Gasteiger partial charge on any atom is -0.496 e. The van der Waals surface area contributed by atoms with Crippen LogP contribution in [-0.4, -0.2) is 11.7 Å². The van der Waals surface area contributed by atoms with E-state index in [4.69, 9.17) is 4.74 Å². The third kappa shape index (κ3) is 1.18. The topological polar surface area (TPSA) is 14.2 Å². The van der Waals surface area contributed by atoms with Crippen LogP contribution in [0.3, 0.4) is 0 Å². The Bertz CT molecular complexity index is 457. The van der Waals surface area contributed by atoms with E-state index < -0.39 is 0 Å². The van der Waals surface area contributed by atoms with Gasteiger partial charge in [-0.2, -0.15) is 0 Å². The Labute approximate surface area is 84.1 Å². The van der Waals surface area contributed by atoms with Crippen LogP contribution in [0.2, 0.25) is 0 Å². The van der Waals surface area contributed by atoms with E-state index in [0.717, 1.165) is 12.3 Å². The van der Waals surface area contributed by atoms with Gasteiger partial charge in [-0.25, -0.2) is 0 Å². The van der Waals surface area contributed by atoms with Gasteiger partial charge in [-0.1, -0.05) is 6.07 Å². The molecule has 0 saturated heterocycles. The zero-order valence-corrected chi connectivity index (χ0v) is 8.87. The summed E-state index contributed by atoms with van der Waals surface area (Å²) in [6, 6.07) is 8.35. The molecule has 0 unspecified atom stereocenters. The Kier molecular flexibility index (Phi) is 2.20. The molecule has 1 aromatic carbocycles. The number of methoxy groups -OCH3 is 1. The molecule has 2 aromatic rings.